The average molecular weight is 721 g/mol. The van der Waals surface area contributed by atoms with E-state index in [0.717, 1.165) is 0 Å². The summed E-state index contributed by atoms with van der Waals surface area (Å²) in [5.74, 6) is 97.6. The van der Waals surface area contributed by atoms with Crippen LogP contribution < -0.4 is 0 Å². The maximum Gasteiger partial charge on any atom is 0.0595 e. The van der Waals surface area contributed by atoms with Crippen LogP contribution in [-0.2, 0) is 0 Å². The first-order chi connectivity index (χ1) is 30.0. The Morgan fingerprint density at radius 2 is 0.267 bits per heavy atom. The maximum absolute atomic E-state index is 2.95. The van der Waals surface area contributed by atoms with E-state index >= 15 is 0 Å². The first-order valence-corrected chi connectivity index (χ1v) is 15.5. The molecular weight excluding hydrogens is 721 g/mol. The molecule has 0 spiro atoms. The first-order valence-electron chi connectivity index (χ1n) is 15.5. The molecule has 0 aromatic heterocycles. The minimum atomic E-state index is 0.453. The molecule has 0 atom stereocenters. The monoisotopic (exact) mass is 720 g/mol. The molecule has 0 N–H and O–H groups in total. The van der Waals surface area contributed by atoms with Crippen LogP contribution in [0.5, 0.6) is 0 Å². The van der Waals surface area contributed by atoms with Gasteiger partial charge < -0.3 is 0 Å². The molecule has 0 unspecified atom stereocenters. The fourth-order valence-corrected chi connectivity index (χ4v) is 2.81. The predicted octanol–water partition coefficient (Wildman–Crippen LogP) is 1.96. The molecule has 0 heteroatoms. The second-order valence-corrected chi connectivity index (χ2v) is 8.50. The lowest BCUT2D eigenvalue weighted by atomic mass is 9.97. The highest BCUT2D eigenvalue weighted by atomic mass is 14.1. The van der Waals surface area contributed by atoms with Crippen molar-refractivity contribution in [3.8, 4) is 225 Å². The van der Waals surface area contributed by atoms with E-state index in [4.69, 9.17) is 0 Å². The molecule has 0 fully saturated rings. The largest absolute Gasteiger partial charge is 0.0595 e. The van der Waals surface area contributed by atoms with Crippen molar-refractivity contribution in [3.05, 3.63) is 131 Å². The van der Waals surface area contributed by atoms with Crippen molar-refractivity contribution in [1.82, 2.24) is 0 Å². The first kappa shape index (κ1) is 41.6. The van der Waals surface area contributed by atoms with Crippen LogP contribution in [0.15, 0.2) is 0 Å². The lowest BCUT2D eigenvalue weighted by molar-refractivity contribution is 1.38. The topological polar surface area (TPSA) is 0 Å². The maximum atomic E-state index is 2.95. The van der Waals surface area contributed by atoms with Gasteiger partial charge in [-0.2, -0.15) is 0 Å². The van der Waals surface area contributed by atoms with E-state index in [1.165, 1.54) is 0 Å². The number of rotatable bonds is 0. The van der Waals surface area contributed by atoms with Crippen molar-refractivity contribution >= 4 is 0 Å². The average Bonchev–Trinajstić information content (AvgIpc) is 3.25. The second kappa shape index (κ2) is 30.9. The van der Waals surface area contributed by atoms with Gasteiger partial charge in [-0.05, 0) is 192 Å². The van der Waals surface area contributed by atoms with Gasteiger partial charge in [0.05, 0.1) is 21.6 Å². The summed E-state index contributed by atoms with van der Waals surface area (Å²) in [6.45, 7) is 0. The van der Waals surface area contributed by atoms with Crippen LogP contribution in [-0.4, -0.2) is 0 Å². The smallest absolute Gasteiger partial charge is 0.0501 e. The Morgan fingerprint density at radius 3 is 0.433 bits per heavy atom. The summed E-state index contributed by atoms with van der Waals surface area (Å²) >= 11 is 0. The third kappa shape index (κ3) is 20.7. The highest BCUT2D eigenvalue weighted by molar-refractivity contribution is 5.59. The molecule has 3 aliphatic carbocycles. The zero-order valence-electron chi connectivity index (χ0n) is 30.0. The minimum absolute atomic E-state index is 0.453. The van der Waals surface area contributed by atoms with E-state index in [2.05, 4.69) is 334 Å². The van der Waals surface area contributed by atoms with Crippen LogP contribution in [0.2, 0.25) is 0 Å². The summed E-state index contributed by atoms with van der Waals surface area (Å²) in [6.07, 6.45) is 0. The quantitative estimate of drug-likeness (QED) is 0.366. The van der Waals surface area contributed by atoms with Gasteiger partial charge in [0, 0.05) is 118 Å². The normalized spacial score (nSPS) is 7.47. The summed E-state index contributed by atoms with van der Waals surface area (Å²) < 4.78 is 0. The molecule has 0 heterocycles. The van der Waals surface area contributed by atoms with Crippen LogP contribution in [0.4, 0.5) is 0 Å². The standard InChI is InChI=1S/C60/c1-2-4-6-8-10-12-14-16-18-20-22-26-30-34-38-42-46-50-54-58-57(53-49-45-41-37-33-29-25-21-19-17-15-13-11-9-7-5-3-1)59-55-51-47-43-39-35-31-27-23-24-28-32-36-40-44-48-52-56-60(58)59. The van der Waals surface area contributed by atoms with Crippen LogP contribution in [0.3, 0.4) is 0 Å². The molecule has 3 aliphatic rings. The van der Waals surface area contributed by atoms with Gasteiger partial charge >= 0.3 is 0 Å². The molecule has 0 radical (unpaired) electrons. The Kier molecular flexibility index (Phi) is 21.4. The second-order valence-electron chi connectivity index (χ2n) is 8.50. The van der Waals surface area contributed by atoms with Gasteiger partial charge in [0.25, 0.3) is 0 Å². The van der Waals surface area contributed by atoms with E-state index in [9.17, 15) is 0 Å². The third-order valence-electron chi connectivity index (χ3n) is 4.88. The summed E-state index contributed by atoms with van der Waals surface area (Å²) in [7, 11) is 0. The Labute approximate surface area is 354 Å². The lowest BCUT2D eigenvalue weighted by Crippen LogP contribution is -1.95. The van der Waals surface area contributed by atoms with Crippen molar-refractivity contribution in [2.24, 2.45) is 0 Å². The summed E-state index contributed by atoms with van der Waals surface area (Å²) in [4.78, 5) is 0. The lowest BCUT2D eigenvalue weighted by Gasteiger charge is -2.01. The number of hydrogen-bond donors (Lipinski definition) is 0. The molecule has 240 valence electrons. The molecule has 0 bridgehead atoms. The van der Waals surface area contributed by atoms with Crippen molar-refractivity contribution in [2.75, 3.05) is 0 Å². The summed E-state index contributed by atoms with van der Waals surface area (Å²) in [5.41, 5.74) is 0.906. The van der Waals surface area contributed by atoms with E-state index in [0.29, 0.717) is 21.6 Å². The van der Waals surface area contributed by atoms with E-state index in [1.807, 2.05) is 0 Å². The Morgan fingerprint density at radius 1 is 0.133 bits per heavy atom. The fourth-order valence-electron chi connectivity index (χ4n) is 2.81. The fraction of sp³-hybridized carbons (Fsp3) is 0. The molecule has 0 saturated heterocycles. The SMILES string of the molecule is C1#CC#CC#CC#CC#CC#CC#CC#CC#CC#Cc2c(c3c#cc#cc#cc#cc#cc#cc#cc#cc#cc2=3)C#CC#CC#CC#CC#CC#CC#CC#CC#C1. The molecule has 60 heavy (non-hydrogen) atoms. The molecule has 0 aromatic carbocycles. The Balaban J connectivity index is 2.08. The molecule has 0 aliphatic heterocycles. The zero-order chi connectivity index (χ0) is 41.9. The van der Waals surface area contributed by atoms with Gasteiger partial charge in [-0.15, -0.1) is 0 Å². The van der Waals surface area contributed by atoms with Gasteiger partial charge in [-0.1, -0.05) is 24.0 Å². The van der Waals surface area contributed by atoms with Crippen molar-refractivity contribution in [1.29, 1.82) is 0 Å². The van der Waals surface area contributed by atoms with Gasteiger partial charge in [-0.3, -0.25) is 0 Å². The van der Waals surface area contributed by atoms with E-state index in [-0.39, 0.29) is 0 Å². The van der Waals surface area contributed by atoms with Gasteiger partial charge in [-0.25, -0.2) is 0 Å². The van der Waals surface area contributed by atoms with Crippen LogP contribution >= 0.6 is 0 Å². The minimum Gasteiger partial charge on any atom is -0.0501 e. The van der Waals surface area contributed by atoms with Crippen LogP contribution in [0, 0.1) is 345 Å². The third-order valence-corrected chi connectivity index (χ3v) is 4.88. The highest BCUT2D eigenvalue weighted by Crippen LogP contribution is 2.15. The van der Waals surface area contributed by atoms with Gasteiger partial charge in [0.15, 0.2) is 0 Å². The Hall–Kier alpha value is -12.8. The highest BCUT2D eigenvalue weighted by Gasteiger charge is 2.09. The Bertz CT molecular complexity index is 3360. The van der Waals surface area contributed by atoms with E-state index in [1.54, 1.807) is 0 Å². The summed E-state index contributed by atoms with van der Waals surface area (Å²) in [5, 5.41) is 0.924. The van der Waals surface area contributed by atoms with Crippen molar-refractivity contribution in [3.63, 3.8) is 0 Å². The zero-order valence-corrected chi connectivity index (χ0v) is 30.0. The molecule has 0 aromatic rings. The number of hydrogen-bond acceptors (Lipinski definition) is 0. The number of fused-ring (bicyclic) bond motifs is 3. The predicted molar refractivity (Wildman–Crippen MR) is 220 cm³/mol. The van der Waals surface area contributed by atoms with Gasteiger partial charge in [0.1, 0.15) is 0 Å². The van der Waals surface area contributed by atoms with Crippen molar-refractivity contribution in [2.45, 2.75) is 0 Å². The van der Waals surface area contributed by atoms with Gasteiger partial charge in [0.2, 0.25) is 0 Å². The van der Waals surface area contributed by atoms with Crippen molar-refractivity contribution < 1.29 is 0 Å². The summed E-state index contributed by atoms with van der Waals surface area (Å²) in [6, 6.07) is 47.3. The molecule has 0 saturated carbocycles. The van der Waals surface area contributed by atoms with Crippen LogP contribution in [0.25, 0.3) is 0 Å². The van der Waals surface area contributed by atoms with E-state index < -0.39 is 0 Å². The molecule has 3 rings (SSSR count). The van der Waals surface area contributed by atoms with Crippen LogP contribution in [0.1, 0.15) is 11.1 Å². The molecule has 0 amide bonds. The molecular formula is C60. The molecule has 0 nitrogen and oxygen atoms in total.